The van der Waals surface area contributed by atoms with E-state index in [1.165, 1.54) is 0 Å². The lowest BCUT2D eigenvalue weighted by atomic mass is 10.1. The molecule has 0 fully saturated rings. The standard InChI is InChI=1S/C13H20N2O4S/c1-20(18,19)8-7-11(14)13(17)15-12(9-16)10-5-3-2-4-6-10/h2-6,11-12,16H,7-9,14H2,1H3,(H,15,17)/t11?,12-/m0/s1. The monoisotopic (exact) mass is 300 g/mol. The molecular formula is C13H20N2O4S. The molecule has 2 atom stereocenters. The third kappa shape index (κ3) is 5.68. The van der Waals surface area contributed by atoms with Crippen LogP contribution in [0.25, 0.3) is 0 Å². The van der Waals surface area contributed by atoms with Gasteiger partial charge >= 0.3 is 0 Å². The number of aliphatic hydroxyl groups is 1. The van der Waals surface area contributed by atoms with Crippen LogP contribution >= 0.6 is 0 Å². The SMILES string of the molecule is CS(=O)(=O)CCC(N)C(=O)N[C@@H](CO)c1ccccc1. The number of rotatable bonds is 7. The van der Waals surface area contributed by atoms with Crippen molar-refractivity contribution in [3.8, 4) is 0 Å². The van der Waals surface area contributed by atoms with Crippen LogP contribution in [0.4, 0.5) is 0 Å². The topological polar surface area (TPSA) is 109 Å². The zero-order chi connectivity index (χ0) is 15.2. The average Bonchev–Trinajstić information content (AvgIpc) is 2.42. The molecule has 0 spiro atoms. The van der Waals surface area contributed by atoms with Gasteiger partial charge in [0.2, 0.25) is 5.91 Å². The fraction of sp³-hybridized carbons (Fsp3) is 0.462. The molecule has 1 aromatic rings. The van der Waals surface area contributed by atoms with Gasteiger partial charge in [-0.25, -0.2) is 8.42 Å². The minimum absolute atomic E-state index is 0.0532. The maximum absolute atomic E-state index is 11.9. The third-order valence-corrected chi connectivity index (χ3v) is 3.81. The van der Waals surface area contributed by atoms with E-state index in [2.05, 4.69) is 5.32 Å². The summed E-state index contributed by atoms with van der Waals surface area (Å²) >= 11 is 0. The van der Waals surface area contributed by atoms with E-state index >= 15 is 0 Å². The molecular weight excluding hydrogens is 280 g/mol. The highest BCUT2D eigenvalue weighted by Gasteiger charge is 2.20. The minimum Gasteiger partial charge on any atom is -0.394 e. The van der Waals surface area contributed by atoms with Crippen LogP contribution < -0.4 is 11.1 Å². The van der Waals surface area contributed by atoms with Gasteiger partial charge < -0.3 is 16.2 Å². The molecule has 0 aliphatic heterocycles. The number of hydrogen-bond donors (Lipinski definition) is 3. The van der Waals surface area contributed by atoms with E-state index in [0.717, 1.165) is 11.8 Å². The highest BCUT2D eigenvalue weighted by molar-refractivity contribution is 7.90. The molecule has 7 heteroatoms. The first-order valence-corrected chi connectivity index (χ1v) is 8.29. The van der Waals surface area contributed by atoms with Gasteiger partial charge in [-0.1, -0.05) is 30.3 Å². The molecule has 20 heavy (non-hydrogen) atoms. The van der Waals surface area contributed by atoms with E-state index in [4.69, 9.17) is 5.73 Å². The summed E-state index contributed by atoms with van der Waals surface area (Å²) in [5, 5.41) is 11.9. The van der Waals surface area contributed by atoms with E-state index in [9.17, 15) is 18.3 Å². The van der Waals surface area contributed by atoms with Gasteiger partial charge in [0.1, 0.15) is 9.84 Å². The summed E-state index contributed by atoms with van der Waals surface area (Å²) < 4.78 is 22.1. The summed E-state index contributed by atoms with van der Waals surface area (Å²) in [5.74, 6) is -0.618. The Kier molecular flexibility index (Phi) is 6.12. The Morgan fingerprint density at radius 1 is 1.35 bits per heavy atom. The van der Waals surface area contributed by atoms with Crippen molar-refractivity contribution in [1.82, 2.24) is 5.32 Å². The predicted octanol–water partition coefficient (Wildman–Crippen LogP) is -0.402. The van der Waals surface area contributed by atoms with Crippen molar-refractivity contribution in [3.05, 3.63) is 35.9 Å². The number of aliphatic hydroxyl groups excluding tert-OH is 1. The molecule has 112 valence electrons. The summed E-state index contributed by atoms with van der Waals surface area (Å²) in [7, 11) is -3.15. The van der Waals surface area contributed by atoms with Crippen molar-refractivity contribution in [2.75, 3.05) is 18.6 Å². The molecule has 0 bridgehead atoms. The highest BCUT2D eigenvalue weighted by Crippen LogP contribution is 2.11. The number of carbonyl (C=O) groups is 1. The third-order valence-electron chi connectivity index (χ3n) is 2.84. The number of nitrogens with one attached hydrogen (secondary N) is 1. The van der Waals surface area contributed by atoms with Gasteiger partial charge in [-0.2, -0.15) is 0 Å². The quantitative estimate of drug-likeness (QED) is 0.634. The largest absolute Gasteiger partial charge is 0.394 e. The lowest BCUT2D eigenvalue weighted by Gasteiger charge is -2.19. The smallest absolute Gasteiger partial charge is 0.237 e. The van der Waals surface area contributed by atoms with Gasteiger partial charge in [-0.05, 0) is 12.0 Å². The molecule has 6 nitrogen and oxygen atoms in total. The first-order valence-electron chi connectivity index (χ1n) is 6.23. The highest BCUT2D eigenvalue weighted by atomic mass is 32.2. The van der Waals surface area contributed by atoms with Crippen LogP contribution in [0.15, 0.2) is 30.3 Å². The second-order valence-electron chi connectivity index (χ2n) is 4.68. The van der Waals surface area contributed by atoms with E-state index in [-0.39, 0.29) is 18.8 Å². The maximum atomic E-state index is 11.9. The molecule has 1 amide bonds. The molecule has 1 aromatic carbocycles. The first kappa shape index (κ1) is 16.6. The molecule has 0 saturated heterocycles. The van der Waals surface area contributed by atoms with Crippen LogP contribution in [-0.2, 0) is 14.6 Å². The van der Waals surface area contributed by atoms with Crippen molar-refractivity contribution in [1.29, 1.82) is 0 Å². The fourth-order valence-electron chi connectivity index (χ4n) is 1.67. The van der Waals surface area contributed by atoms with Crippen LogP contribution in [0.2, 0.25) is 0 Å². The van der Waals surface area contributed by atoms with Crippen LogP contribution in [0.5, 0.6) is 0 Å². The molecule has 0 aromatic heterocycles. The number of carbonyl (C=O) groups excluding carboxylic acids is 1. The fourth-order valence-corrected chi connectivity index (χ4v) is 2.35. The van der Waals surface area contributed by atoms with Gasteiger partial charge in [0, 0.05) is 6.26 Å². The second-order valence-corrected chi connectivity index (χ2v) is 6.94. The molecule has 0 radical (unpaired) electrons. The van der Waals surface area contributed by atoms with Gasteiger partial charge in [0.25, 0.3) is 0 Å². The molecule has 0 aliphatic carbocycles. The maximum Gasteiger partial charge on any atom is 0.237 e. The zero-order valence-electron chi connectivity index (χ0n) is 11.3. The normalized spacial score (nSPS) is 14.6. The summed E-state index contributed by atoms with van der Waals surface area (Å²) in [4.78, 5) is 11.9. The molecule has 1 rings (SSSR count). The Bertz CT molecular complexity index is 531. The molecule has 0 aliphatic rings. The van der Waals surface area contributed by atoms with Crippen LogP contribution in [0.1, 0.15) is 18.0 Å². The van der Waals surface area contributed by atoms with Gasteiger partial charge in [-0.15, -0.1) is 0 Å². The van der Waals surface area contributed by atoms with Crippen molar-refractivity contribution in [2.24, 2.45) is 5.73 Å². The van der Waals surface area contributed by atoms with E-state index in [1.807, 2.05) is 6.07 Å². The first-order chi connectivity index (χ1) is 9.33. The van der Waals surface area contributed by atoms with Gasteiger partial charge in [0.05, 0.1) is 24.4 Å². The number of nitrogens with two attached hydrogens (primary N) is 1. The number of benzene rings is 1. The molecule has 4 N–H and O–H groups in total. The Hall–Kier alpha value is -1.44. The molecule has 0 saturated carbocycles. The molecule has 0 heterocycles. The van der Waals surface area contributed by atoms with Crippen molar-refractivity contribution in [3.63, 3.8) is 0 Å². The summed E-state index contributed by atoms with van der Waals surface area (Å²) in [6.45, 7) is -0.255. The average molecular weight is 300 g/mol. The van der Waals surface area contributed by atoms with Crippen LogP contribution in [0.3, 0.4) is 0 Å². The van der Waals surface area contributed by atoms with Crippen LogP contribution in [0, 0.1) is 0 Å². The number of hydrogen-bond acceptors (Lipinski definition) is 5. The Morgan fingerprint density at radius 3 is 2.45 bits per heavy atom. The number of amides is 1. The van der Waals surface area contributed by atoms with Crippen molar-refractivity contribution < 1.29 is 18.3 Å². The zero-order valence-corrected chi connectivity index (χ0v) is 12.1. The minimum atomic E-state index is -3.15. The summed E-state index contributed by atoms with van der Waals surface area (Å²) in [6.07, 6.45) is 1.15. The number of sulfone groups is 1. The van der Waals surface area contributed by atoms with Gasteiger partial charge in [0.15, 0.2) is 0 Å². The Morgan fingerprint density at radius 2 is 1.95 bits per heavy atom. The lowest BCUT2D eigenvalue weighted by molar-refractivity contribution is -0.123. The summed E-state index contributed by atoms with van der Waals surface area (Å²) in [5.41, 5.74) is 6.41. The van der Waals surface area contributed by atoms with Crippen molar-refractivity contribution in [2.45, 2.75) is 18.5 Å². The summed E-state index contributed by atoms with van der Waals surface area (Å²) in [6, 6.07) is 7.53. The van der Waals surface area contributed by atoms with Gasteiger partial charge in [-0.3, -0.25) is 4.79 Å². The molecule has 1 unspecified atom stereocenters. The lowest BCUT2D eigenvalue weighted by Crippen LogP contribution is -2.43. The van der Waals surface area contributed by atoms with Crippen LogP contribution in [-0.4, -0.2) is 44.1 Å². The Labute approximate surface area is 118 Å². The Balaban J connectivity index is 2.59. The van der Waals surface area contributed by atoms with E-state index in [1.54, 1.807) is 24.3 Å². The predicted molar refractivity (Wildman–Crippen MR) is 76.7 cm³/mol. The van der Waals surface area contributed by atoms with E-state index < -0.39 is 27.8 Å². The van der Waals surface area contributed by atoms with Crippen molar-refractivity contribution >= 4 is 15.7 Å². The van der Waals surface area contributed by atoms with E-state index in [0.29, 0.717) is 0 Å². The second kappa shape index (κ2) is 7.37.